The first-order chi connectivity index (χ1) is 15.6. The number of rotatable bonds is 7. The van der Waals surface area contributed by atoms with Crippen LogP contribution in [-0.2, 0) is 15.0 Å². The number of carbonyl (C=O) groups is 2. The van der Waals surface area contributed by atoms with Crippen LogP contribution in [0.3, 0.4) is 0 Å². The molecule has 0 aliphatic carbocycles. The van der Waals surface area contributed by atoms with Crippen molar-refractivity contribution in [3.05, 3.63) is 59.2 Å². The normalized spacial score (nSPS) is 14.8. The predicted molar refractivity (Wildman–Crippen MR) is 133 cm³/mol. The Hall–Kier alpha value is -2.86. The number of aryl methyl sites for hydroxylation is 2. The molecule has 1 aliphatic rings. The number of ether oxygens (including phenoxy) is 1. The number of hydrogen-bond acceptors (Lipinski definition) is 4. The van der Waals surface area contributed by atoms with E-state index in [1.165, 1.54) is 5.56 Å². The van der Waals surface area contributed by atoms with Crippen molar-refractivity contribution >= 4 is 17.5 Å². The number of nitrogens with one attached hydrogen (secondary N) is 1. The fourth-order valence-corrected chi connectivity index (χ4v) is 4.01. The molecule has 0 atom stereocenters. The number of nitrogens with zero attached hydrogens (tertiary/aromatic N) is 2. The minimum Gasteiger partial charge on any atom is -0.493 e. The Balaban J connectivity index is 1.38. The van der Waals surface area contributed by atoms with Crippen molar-refractivity contribution < 1.29 is 14.3 Å². The summed E-state index contributed by atoms with van der Waals surface area (Å²) in [5.41, 5.74) is 4.38. The molecule has 33 heavy (non-hydrogen) atoms. The molecule has 1 heterocycles. The van der Waals surface area contributed by atoms with Gasteiger partial charge in [0.25, 0.3) is 0 Å². The Morgan fingerprint density at radius 3 is 2.12 bits per heavy atom. The Kier molecular flexibility index (Phi) is 8.14. The van der Waals surface area contributed by atoms with E-state index in [4.69, 9.17) is 4.74 Å². The van der Waals surface area contributed by atoms with Crippen molar-refractivity contribution in [1.29, 1.82) is 0 Å². The first kappa shape index (κ1) is 24.8. The molecule has 0 bridgehead atoms. The smallest absolute Gasteiger partial charge is 0.238 e. The molecular weight excluding hydrogens is 414 g/mol. The van der Waals surface area contributed by atoms with Gasteiger partial charge in [-0.3, -0.25) is 14.5 Å². The highest BCUT2D eigenvalue weighted by atomic mass is 16.5. The quantitative estimate of drug-likeness (QED) is 0.687. The number of anilines is 1. The van der Waals surface area contributed by atoms with Crippen LogP contribution >= 0.6 is 0 Å². The summed E-state index contributed by atoms with van der Waals surface area (Å²) >= 11 is 0. The second-order valence-electron chi connectivity index (χ2n) is 9.84. The van der Waals surface area contributed by atoms with Gasteiger partial charge in [-0.05, 0) is 48.1 Å². The van der Waals surface area contributed by atoms with E-state index < -0.39 is 0 Å². The highest BCUT2D eigenvalue weighted by molar-refractivity contribution is 5.93. The third kappa shape index (κ3) is 7.06. The molecule has 178 valence electrons. The second kappa shape index (κ2) is 10.8. The lowest BCUT2D eigenvalue weighted by Crippen LogP contribution is -2.50. The summed E-state index contributed by atoms with van der Waals surface area (Å²) in [6, 6.07) is 14.1. The van der Waals surface area contributed by atoms with Gasteiger partial charge in [0.15, 0.2) is 0 Å². The predicted octanol–water partition coefficient (Wildman–Crippen LogP) is 4.15. The minimum absolute atomic E-state index is 0.0157. The van der Waals surface area contributed by atoms with E-state index in [-0.39, 0.29) is 17.2 Å². The van der Waals surface area contributed by atoms with Gasteiger partial charge >= 0.3 is 0 Å². The zero-order chi connectivity index (χ0) is 24.0. The number of piperazine rings is 1. The maximum absolute atomic E-state index is 12.6. The van der Waals surface area contributed by atoms with Crippen LogP contribution in [0.15, 0.2) is 42.5 Å². The van der Waals surface area contributed by atoms with Crippen molar-refractivity contribution in [2.75, 3.05) is 44.6 Å². The van der Waals surface area contributed by atoms with Crippen LogP contribution in [0.5, 0.6) is 5.75 Å². The van der Waals surface area contributed by atoms with Crippen LogP contribution in [0, 0.1) is 13.8 Å². The van der Waals surface area contributed by atoms with Gasteiger partial charge in [-0.1, -0.05) is 51.1 Å². The Morgan fingerprint density at radius 1 is 0.939 bits per heavy atom. The van der Waals surface area contributed by atoms with Crippen LogP contribution in [0.25, 0.3) is 0 Å². The lowest BCUT2D eigenvalue weighted by Gasteiger charge is -2.34. The molecule has 0 radical (unpaired) electrons. The van der Waals surface area contributed by atoms with E-state index >= 15 is 0 Å². The Labute approximate surface area is 197 Å². The van der Waals surface area contributed by atoms with Crippen LogP contribution in [0.4, 0.5) is 5.69 Å². The summed E-state index contributed by atoms with van der Waals surface area (Å²) in [6.07, 6.45) is 0.355. The highest BCUT2D eigenvalue weighted by Crippen LogP contribution is 2.24. The summed E-state index contributed by atoms with van der Waals surface area (Å²) < 4.78 is 5.77. The summed E-state index contributed by atoms with van der Waals surface area (Å²) in [6.45, 7) is 13.9. The number of carbonyl (C=O) groups excluding carboxylic acids is 2. The first-order valence-electron chi connectivity index (χ1n) is 11.7. The summed E-state index contributed by atoms with van der Waals surface area (Å²) in [5.74, 6) is 0.870. The number of benzene rings is 2. The third-order valence-electron chi connectivity index (χ3n) is 6.14. The van der Waals surface area contributed by atoms with Crippen LogP contribution in [0.1, 0.15) is 43.9 Å². The van der Waals surface area contributed by atoms with Crippen LogP contribution < -0.4 is 10.1 Å². The van der Waals surface area contributed by atoms with Crippen LogP contribution in [0.2, 0.25) is 0 Å². The largest absolute Gasteiger partial charge is 0.493 e. The lowest BCUT2D eigenvalue weighted by atomic mass is 9.87. The Bertz CT molecular complexity index is 935. The van der Waals surface area contributed by atoms with Crippen molar-refractivity contribution in [3.8, 4) is 5.75 Å². The van der Waals surface area contributed by atoms with Gasteiger partial charge in [-0.2, -0.15) is 0 Å². The summed E-state index contributed by atoms with van der Waals surface area (Å²) in [7, 11) is 0. The second-order valence-corrected chi connectivity index (χ2v) is 9.84. The average Bonchev–Trinajstić information content (AvgIpc) is 2.76. The fourth-order valence-electron chi connectivity index (χ4n) is 4.01. The third-order valence-corrected chi connectivity index (χ3v) is 6.14. The van der Waals surface area contributed by atoms with Gasteiger partial charge < -0.3 is 15.0 Å². The molecule has 0 unspecified atom stereocenters. The van der Waals surface area contributed by atoms with Gasteiger partial charge in [0.05, 0.1) is 19.6 Å². The van der Waals surface area contributed by atoms with Crippen molar-refractivity contribution in [2.45, 2.75) is 46.5 Å². The molecule has 2 amide bonds. The summed E-state index contributed by atoms with van der Waals surface area (Å²) in [4.78, 5) is 29.0. The molecule has 1 aliphatic heterocycles. The number of para-hydroxylation sites is 1. The standard InChI is InChI=1S/C27H37N3O3/c1-20-7-6-8-21(2)26(20)28-24(31)19-29-14-16-30(17-15-29)25(32)13-18-33-23-11-9-22(10-12-23)27(3,4)5/h6-12H,13-19H2,1-5H3,(H,28,31). The van der Waals surface area contributed by atoms with Gasteiger partial charge in [-0.25, -0.2) is 0 Å². The monoisotopic (exact) mass is 451 g/mol. The molecule has 0 spiro atoms. The molecule has 0 aromatic heterocycles. The molecule has 2 aromatic carbocycles. The van der Waals surface area contributed by atoms with Crippen molar-refractivity contribution in [3.63, 3.8) is 0 Å². The maximum Gasteiger partial charge on any atom is 0.238 e. The maximum atomic E-state index is 12.6. The van der Waals surface area contributed by atoms with Gasteiger partial charge in [0.2, 0.25) is 11.8 Å². The molecule has 6 nitrogen and oxygen atoms in total. The number of amides is 2. The van der Waals surface area contributed by atoms with E-state index in [0.29, 0.717) is 45.8 Å². The highest BCUT2D eigenvalue weighted by Gasteiger charge is 2.22. The van der Waals surface area contributed by atoms with E-state index in [2.05, 4.69) is 43.1 Å². The fraction of sp³-hybridized carbons (Fsp3) is 0.481. The zero-order valence-corrected chi connectivity index (χ0v) is 20.6. The molecular formula is C27H37N3O3. The van der Waals surface area contributed by atoms with Crippen molar-refractivity contribution in [1.82, 2.24) is 9.80 Å². The molecule has 6 heteroatoms. The first-order valence-corrected chi connectivity index (χ1v) is 11.7. The molecule has 3 rings (SSSR count). The average molecular weight is 452 g/mol. The topological polar surface area (TPSA) is 61.9 Å². The van der Waals surface area contributed by atoms with Gasteiger partial charge in [0.1, 0.15) is 5.75 Å². The molecule has 1 saturated heterocycles. The van der Waals surface area contributed by atoms with Gasteiger partial charge in [-0.15, -0.1) is 0 Å². The molecule has 0 saturated carbocycles. The van der Waals surface area contributed by atoms with Crippen molar-refractivity contribution in [2.24, 2.45) is 0 Å². The van der Waals surface area contributed by atoms with E-state index in [1.54, 1.807) is 0 Å². The van der Waals surface area contributed by atoms with Crippen LogP contribution in [-0.4, -0.2) is 60.9 Å². The molecule has 1 fully saturated rings. The minimum atomic E-state index is -0.0157. The lowest BCUT2D eigenvalue weighted by molar-refractivity contribution is -0.133. The zero-order valence-electron chi connectivity index (χ0n) is 20.6. The number of hydrogen-bond donors (Lipinski definition) is 1. The van der Waals surface area contributed by atoms with Gasteiger partial charge in [0, 0.05) is 31.9 Å². The SMILES string of the molecule is Cc1cccc(C)c1NC(=O)CN1CCN(C(=O)CCOc2ccc(C(C)(C)C)cc2)CC1. The Morgan fingerprint density at radius 2 is 1.55 bits per heavy atom. The van der Waals surface area contributed by atoms with E-state index in [1.807, 2.05) is 49.1 Å². The summed E-state index contributed by atoms with van der Waals surface area (Å²) in [5, 5.41) is 3.04. The van der Waals surface area contributed by atoms with E-state index in [0.717, 1.165) is 22.6 Å². The molecule has 1 N–H and O–H groups in total. The van der Waals surface area contributed by atoms with E-state index in [9.17, 15) is 9.59 Å². The molecule has 2 aromatic rings.